The number of methoxy groups -OCH3 is 1. The second-order valence-electron chi connectivity index (χ2n) is 4.69. The van der Waals surface area contributed by atoms with Crippen LogP contribution in [0, 0.1) is 0 Å². The van der Waals surface area contributed by atoms with E-state index in [-0.39, 0.29) is 23.7 Å². The molecule has 25 heavy (non-hydrogen) atoms. The fourth-order valence-corrected chi connectivity index (χ4v) is 1.92. The minimum atomic E-state index is -1.03. The van der Waals surface area contributed by atoms with Gasteiger partial charge in [-0.2, -0.15) is 0 Å². The number of carbonyl (C=O) groups is 3. The van der Waals surface area contributed by atoms with Gasteiger partial charge >= 0.3 is 18.1 Å². The fourth-order valence-electron chi connectivity index (χ4n) is 1.92. The lowest BCUT2D eigenvalue weighted by molar-refractivity contribution is 0.0521. The number of para-hydroxylation sites is 1. The van der Waals surface area contributed by atoms with Crippen molar-refractivity contribution >= 4 is 18.1 Å². The molecule has 0 unspecified atom stereocenters. The number of benzene rings is 2. The molecule has 2 aromatic carbocycles. The summed E-state index contributed by atoms with van der Waals surface area (Å²) in [4.78, 5) is 35.1. The molecule has 0 aliphatic heterocycles. The summed E-state index contributed by atoms with van der Waals surface area (Å²) in [6.45, 7) is 1.87. The zero-order valence-electron chi connectivity index (χ0n) is 13.7. The molecule has 7 heteroatoms. The number of ether oxygens (including phenoxy) is 4. The maximum Gasteiger partial charge on any atom is 0.519 e. The molecule has 7 nitrogen and oxygen atoms in total. The predicted molar refractivity (Wildman–Crippen MR) is 86.8 cm³/mol. The highest BCUT2D eigenvalue weighted by Crippen LogP contribution is 2.20. The molecular formula is C18H16O7. The Morgan fingerprint density at radius 1 is 0.880 bits per heavy atom. The molecule has 0 saturated heterocycles. The quantitative estimate of drug-likeness (QED) is 0.608. The summed E-state index contributed by atoms with van der Waals surface area (Å²) in [7, 11) is 1.27. The lowest BCUT2D eigenvalue weighted by Crippen LogP contribution is -2.16. The van der Waals surface area contributed by atoms with Crippen LogP contribution in [0.25, 0.3) is 0 Å². The Balaban J connectivity index is 2.06. The first-order chi connectivity index (χ1) is 12.0. The Bertz CT molecular complexity index is 765. The van der Waals surface area contributed by atoms with Crippen molar-refractivity contribution in [3.8, 4) is 11.5 Å². The lowest BCUT2D eigenvalue weighted by Gasteiger charge is -2.09. The minimum Gasteiger partial charge on any atom is -0.465 e. The second-order valence-corrected chi connectivity index (χ2v) is 4.69. The number of carbonyl (C=O) groups excluding carboxylic acids is 3. The van der Waals surface area contributed by atoms with Crippen LogP contribution in [0.5, 0.6) is 11.5 Å². The maximum atomic E-state index is 11.9. The Hall–Kier alpha value is -3.35. The third-order valence-corrected chi connectivity index (χ3v) is 3.05. The van der Waals surface area contributed by atoms with E-state index in [1.54, 1.807) is 19.1 Å². The van der Waals surface area contributed by atoms with Gasteiger partial charge in [0.1, 0.15) is 17.1 Å². The van der Waals surface area contributed by atoms with Gasteiger partial charge < -0.3 is 18.9 Å². The zero-order valence-corrected chi connectivity index (χ0v) is 13.7. The maximum absolute atomic E-state index is 11.9. The predicted octanol–water partition coefficient (Wildman–Crippen LogP) is 3.23. The fraction of sp³-hybridized carbons (Fsp3) is 0.167. The highest BCUT2D eigenvalue weighted by Gasteiger charge is 2.17. The molecule has 0 heterocycles. The monoisotopic (exact) mass is 344 g/mol. The summed E-state index contributed by atoms with van der Waals surface area (Å²) in [6.07, 6.45) is -1.03. The van der Waals surface area contributed by atoms with Gasteiger partial charge in [0.05, 0.1) is 19.3 Å². The Morgan fingerprint density at radius 2 is 1.56 bits per heavy atom. The van der Waals surface area contributed by atoms with Crippen molar-refractivity contribution in [1.29, 1.82) is 0 Å². The van der Waals surface area contributed by atoms with E-state index in [0.29, 0.717) is 5.56 Å². The highest BCUT2D eigenvalue weighted by atomic mass is 16.7. The van der Waals surface area contributed by atoms with Crippen LogP contribution in [-0.2, 0) is 9.47 Å². The van der Waals surface area contributed by atoms with E-state index >= 15 is 0 Å². The first kappa shape index (κ1) is 18.0. The third kappa shape index (κ3) is 4.81. The van der Waals surface area contributed by atoms with Crippen molar-refractivity contribution in [2.24, 2.45) is 0 Å². The summed E-state index contributed by atoms with van der Waals surface area (Å²) < 4.78 is 19.6. The van der Waals surface area contributed by atoms with Gasteiger partial charge in [-0.3, -0.25) is 0 Å². The first-order valence-electron chi connectivity index (χ1n) is 7.39. The Labute approximate surface area is 144 Å². The lowest BCUT2D eigenvalue weighted by atomic mass is 10.2. The summed E-state index contributed by atoms with van der Waals surface area (Å²) >= 11 is 0. The van der Waals surface area contributed by atoms with Crippen LogP contribution in [-0.4, -0.2) is 31.8 Å². The van der Waals surface area contributed by atoms with Crippen molar-refractivity contribution in [1.82, 2.24) is 0 Å². The average molecular weight is 344 g/mol. The number of rotatable bonds is 5. The van der Waals surface area contributed by atoms with Crippen LogP contribution >= 0.6 is 0 Å². The van der Waals surface area contributed by atoms with E-state index in [4.69, 9.17) is 14.2 Å². The topological polar surface area (TPSA) is 88.1 Å². The van der Waals surface area contributed by atoms with Gasteiger partial charge in [0.25, 0.3) is 0 Å². The average Bonchev–Trinajstić information content (AvgIpc) is 2.62. The van der Waals surface area contributed by atoms with Crippen LogP contribution in [0.3, 0.4) is 0 Å². The molecule has 0 aromatic heterocycles. The van der Waals surface area contributed by atoms with E-state index in [2.05, 4.69) is 4.74 Å². The largest absolute Gasteiger partial charge is 0.519 e. The highest BCUT2D eigenvalue weighted by molar-refractivity contribution is 5.93. The number of esters is 2. The van der Waals surface area contributed by atoms with Gasteiger partial charge in [-0.05, 0) is 43.3 Å². The van der Waals surface area contributed by atoms with Crippen molar-refractivity contribution in [2.75, 3.05) is 13.7 Å². The van der Waals surface area contributed by atoms with Crippen molar-refractivity contribution in [3.05, 3.63) is 59.7 Å². The SMILES string of the molecule is CCOC(=O)c1ccccc1OC(=O)Oc1ccc(C(=O)OC)cc1. The molecule has 0 aliphatic carbocycles. The summed E-state index contributed by atoms with van der Waals surface area (Å²) in [5.41, 5.74) is 0.429. The van der Waals surface area contributed by atoms with Gasteiger partial charge in [0.2, 0.25) is 0 Å². The van der Waals surface area contributed by atoms with Crippen molar-refractivity contribution in [2.45, 2.75) is 6.92 Å². The molecule has 0 bridgehead atoms. The Kier molecular flexibility index (Phi) is 6.11. The van der Waals surface area contributed by atoms with Crippen LogP contribution in [0.15, 0.2) is 48.5 Å². The molecule has 0 N–H and O–H groups in total. The van der Waals surface area contributed by atoms with Crippen LogP contribution in [0.1, 0.15) is 27.6 Å². The number of hydrogen-bond donors (Lipinski definition) is 0. The molecular weight excluding hydrogens is 328 g/mol. The van der Waals surface area contributed by atoms with Crippen molar-refractivity contribution in [3.63, 3.8) is 0 Å². The first-order valence-corrected chi connectivity index (χ1v) is 7.39. The molecule has 0 radical (unpaired) electrons. The van der Waals surface area contributed by atoms with E-state index in [1.165, 1.54) is 43.5 Å². The van der Waals surface area contributed by atoms with E-state index < -0.39 is 18.1 Å². The van der Waals surface area contributed by atoms with Gasteiger partial charge in [0, 0.05) is 0 Å². The van der Waals surface area contributed by atoms with Gasteiger partial charge in [-0.25, -0.2) is 14.4 Å². The van der Waals surface area contributed by atoms with E-state index in [0.717, 1.165) is 0 Å². The molecule has 130 valence electrons. The normalized spacial score (nSPS) is 9.84. The summed E-state index contributed by atoms with van der Waals surface area (Å²) in [6, 6.07) is 11.9. The van der Waals surface area contributed by atoms with E-state index in [9.17, 15) is 14.4 Å². The van der Waals surface area contributed by atoms with Gasteiger partial charge in [-0.15, -0.1) is 0 Å². The molecule has 0 amide bonds. The van der Waals surface area contributed by atoms with Gasteiger partial charge in [0.15, 0.2) is 0 Å². The molecule has 0 aliphatic rings. The number of hydrogen-bond acceptors (Lipinski definition) is 7. The van der Waals surface area contributed by atoms with Crippen LogP contribution in [0.2, 0.25) is 0 Å². The summed E-state index contributed by atoms with van der Waals surface area (Å²) in [5, 5.41) is 0. The Morgan fingerprint density at radius 3 is 2.20 bits per heavy atom. The standard InChI is InChI=1S/C18H16O7/c1-3-23-17(20)14-6-4-5-7-15(14)25-18(21)24-13-10-8-12(9-11-13)16(19)22-2/h4-11H,3H2,1-2H3. The third-order valence-electron chi connectivity index (χ3n) is 3.05. The summed E-state index contributed by atoms with van der Waals surface area (Å²) in [5.74, 6) is -0.908. The molecule has 2 rings (SSSR count). The molecule has 0 fully saturated rings. The molecule has 2 aromatic rings. The molecule has 0 atom stereocenters. The van der Waals surface area contributed by atoms with Crippen molar-refractivity contribution < 1.29 is 33.3 Å². The second kappa shape index (κ2) is 8.49. The minimum absolute atomic E-state index is 0.0251. The molecule has 0 saturated carbocycles. The zero-order chi connectivity index (χ0) is 18.2. The molecule has 0 spiro atoms. The van der Waals surface area contributed by atoms with Crippen LogP contribution < -0.4 is 9.47 Å². The smallest absolute Gasteiger partial charge is 0.465 e. The van der Waals surface area contributed by atoms with E-state index in [1.807, 2.05) is 0 Å². The van der Waals surface area contributed by atoms with Gasteiger partial charge in [-0.1, -0.05) is 12.1 Å². The van der Waals surface area contributed by atoms with Crippen LogP contribution in [0.4, 0.5) is 4.79 Å².